The lowest BCUT2D eigenvalue weighted by Crippen LogP contribution is -2.45. The molecule has 4 aromatic carbocycles. The van der Waals surface area contributed by atoms with E-state index >= 15 is 0 Å². The van der Waals surface area contributed by atoms with Crippen molar-refractivity contribution in [1.82, 2.24) is 15.0 Å². The number of para-hydroxylation sites is 2. The molecule has 188 valence electrons. The summed E-state index contributed by atoms with van der Waals surface area (Å²) in [7, 11) is 0. The van der Waals surface area contributed by atoms with Crippen LogP contribution in [0.1, 0.15) is 16.5 Å². The van der Waals surface area contributed by atoms with Crippen molar-refractivity contribution >= 4 is 74.7 Å². The van der Waals surface area contributed by atoms with E-state index in [1.54, 1.807) is 30.3 Å². The van der Waals surface area contributed by atoms with Crippen molar-refractivity contribution in [2.75, 3.05) is 0 Å². The van der Waals surface area contributed by atoms with Gasteiger partial charge in [-0.25, -0.2) is 5.01 Å². The van der Waals surface area contributed by atoms with Gasteiger partial charge in [-0.3, -0.25) is 15.0 Å². The zero-order chi connectivity index (χ0) is 26.2. The van der Waals surface area contributed by atoms with E-state index < -0.39 is 5.37 Å². The van der Waals surface area contributed by atoms with Gasteiger partial charge in [0.25, 0.3) is 11.8 Å². The molecule has 8 heteroatoms. The first-order valence-electron chi connectivity index (χ1n) is 12.0. The molecule has 2 heterocycles. The fourth-order valence-electron chi connectivity index (χ4n) is 4.77. The molecule has 0 aliphatic carbocycles. The molecule has 1 unspecified atom stereocenters. The van der Waals surface area contributed by atoms with Gasteiger partial charge in [-0.2, -0.15) is 0 Å². The van der Waals surface area contributed by atoms with Gasteiger partial charge in [0, 0.05) is 31.9 Å². The quantitative estimate of drug-likeness (QED) is 0.228. The second kappa shape index (κ2) is 10.2. The minimum Gasteiger partial charge on any atom is -0.331 e. The van der Waals surface area contributed by atoms with Crippen LogP contribution >= 0.6 is 35.0 Å². The normalized spacial score (nSPS) is 16.6. The molecular formula is C30H21Cl2N3O2S. The van der Waals surface area contributed by atoms with E-state index in [9.17, 15) is 9.59 Å². The Morgan fingerprint density at radius 1 is 0.842 bits per heavy atom. The Morgan fingerprint density at radius 2 is 1.47 bits per heavy atom. The molecule has 2 amide bonds. The smallest absolute Gasteiger partial charge is 0.280 e. The molecule has 0 bridgehead atoms. The predicted octanol–water partition coefficient (Wildman–Crippen LogP) is 7.45. The van der Waals surface area contributed by atoms with Crippen LogP contribution in [0.2, 0.25) is 10.0 Å². The highest BCUT2D eigenvalue weighted by atomic mass is 35.5. The van der Waals surface area contributed by atoms with Gasteiger partial charge in [-0.1, -0.05) is 95.6 Å². The Kier molecular flexibility index (Phi) is 6.62. The summed E-state index contributed by atoms with van der Waals surface area (Å²) >= 11 is 13.8. The topological polar surface area (TPSA) is 54.3 Å². The summed E-state index contributed by atoms with van der Waals surface area (Å²) in [5.74, 6) is -0.600. The van der Waals surface area contributed by atoms with Crippen LogP contribution in [0.5, 0.6) is 0 Å². The van der Waals surface area contributed by atoms with Crippen LogP contribution in [0.25, 0.3) is 27.9 Å². The van der Waals surface area contributed by atoms with Crippen LogP contribution < -0.4 is 5.43 Å². The number of rotatable bonds is 5. The summed E-state index contributed by atoms with van der Waals surface area (Å²) in [6.45, 7) is 0.0537. The molecule has 1 aromatic heterocycles. The van der Waals surface area contributed by atoms with E-state index in [1.165, 1.54) is 16.8 Å². The maximum absolute atomic E-state index is 13.6. The third kappa shape index (κ3) is 4.67. The van der Waals surface area contributed by atoms with Gasteiger partial charge in [0.05, 0.1) is 4.91 Å². The van der Waals surface area contributed by atoms with Crippen molar-refractivity contribution in [3.05, 3.63) is 123 Å². The monoisotopic (exact) mass is 557 g/mol. The molecule has 5 aromatic rings. The second-order valence-electron chi connectivity index (χ2n) is 8.92. The molecule has 5 nitrogen and oxygen atoms in total. The standard InChI is InChI=1S/C30H21Cl2N3O2S/c31-21-9-5-7-19(15-21)16-27-29(37)35(30(38-27)20-8-6-10-22(32)17-20)33-28(36)18-34-25-13-3-1-11-23(25)24-12-2-4-14-26(24)34/h1-17,30H,18H2,(H,33,36)/b27-16-. The van der Waals surface area contributed by atoms with Crippen molar-refractivity contribution in [1.29, 1.82) is 0 Å². The van der Waals surface area contributed by atoms with Crippen molar-refractivity contribution in [2.45, 2.75) is 11.9 Å². The predicted molar refractivity (Wildman–Crippen MR) is 156 cm³/mol. The average molecular weight is 558 g/mol. The Hall–Kier alpha value is -3.71. The highest BCUT2D eigenvalue weighted by molar-refractivity contribution is 8.04. The number of nitrogens with one attached hydrogen (secondary N) is 1. The number of carbonyl (C=O) groups is 2. The maximum atomic E-state index is 13.6. The minimum atomic E-state index is -0.478. The third-order valence-electron chi connectivity index (χ3n) is 6.41. The lowest BCUT2D eigenvalue weighted by molar-refractivity contribution is -0.138. The number of hydrogen-bond acceptors (Lipinski definition) is 3. The van der Waals surface area contributed by atoms with Gasteiger partial charge in [0.1, 0.15) is 11.9 Å². The van der Waals surface area contributed by atoms with Crippen LogP contribution in [0.4, 0.5) is 0 Å². The number of aromatic nitrogens is 1. The fraction of sp³-hybridized carbons (Fsp3) is 0.0667. The second-order valence-corrected chi connectivity index (χ2v) is 10.9. The molecule has 1 N–H and O–H groups in total. The maximum Gasteiger partial charge on any atom is 0.280 e. The molecule has 0 radical (unpaired) electrons. The molecule has 1 aliphatic heterocycles. The van der Waals surface area contributed by atoms with Crippen LogP contribution in [0.15, 0.2) is 102 Å². The number of benzene rings is 4. The minimum absolute atomic E-state index is 0.0537. The molecule has 1 aliphatic rings. The first kappa shape index (κ1) is 24.6. The summed E-state index contributed by atoms with van der Waals surface area (Å²) in [5, 5.41) is 4.20. The van der Waals surface area contributed by atoms with Crippen molar-refractivity contribution < 1.29 is 9.59 Å². The van der Waals surface area contributed by atoms with E-state index in [4.69, 9.17) is 23.2 Å². The fourth-order valence-corrected chi connectivity index (χ4v) is 6.34. The number of thioether (sulfide) groups is 1. The summed E-state index contributed by atoms with van der Waals surface area (Å²) in [6, 6.07) is 30.6. The largest absolute Gasteiger partial charge is 0.331 e. The number of hydrazine groups is 1. The molecule has 1 atom stereocenters. The zero-order valence-electron chi connectivity index (χ0n) is 20.0. The SMILES string of the molecule is O=C(Cn1c2ccccc2c2ccccc21)NN1C(=O)/C(=C/c2cccc(Cl)c2)SC1c1cccc(Cl)c1. The molecule has 0 spiro atoms. The van der Waals surface area contributed by atoms with E-state index in [0.29, 0.717) is 15.0 Å². The Labute approximate surface area is 233 Å². The lowest BCUT2D eigenvalue weighted by atomic mass is 10.2. The number of nitrogens with zero attached hydrogens (tertiary/aromatic N) is 2. The third-order valence-corrected chi connectivity index (χ3v) is 8.13. The molecular weight excluding hydrogens is 537 g/mol. The van der Waals surface area contributed by atoms with E-state index in [2.05, 4.69) is 17.6 Å². The van der Waals surface area contributed by atoms with E-state index in [-0.39, 0.29) is 18.4 Å². The highest BCUT2D eigenvalue weighted by Crippen LogP contribution is 2.45. The van der Waals surface area contributed by atoms with Crippen LogP contribution in [-0.2, 0) is 16.1 Å². The van der Waals surface area contributed by atoms with E-state index in [0.717, 1.165) is 32.9 Å². The summed E-state index contributed by atoms with van der Waals surface area (Å²) in [6.07, 6.45) is 1.79. The number of carbonyl (C=O) groups excluding carboxylic acids is 2. The number of amides is 2. The first-order valence-corrected chi connectivity index (χ1v) is 13.6. The molecule has 0 saturated carbocycles. The van der Waals surface area contributed by atoms with Gasteiger partial charge < -0.3 is 4.57 Å². The summed E-state index contributed by atoms with van der Waals surface area (Å²) < 4.78 is 1.98. The molecule has 6 rings (SSSR count). The number of halogens is 2. The Morgan fingerprint density at radius 3 is 2.13 bits per heavy atom. The van der Waals surface area contributed by atoms with Crippen LogP contribution in [0.3, 0.4) is 0 Å². The van der Waals surface area contributed by atoms with Gasteiger partial charge in [-0.15, -0.1) is 0 Å². The average Bonchev–Trinajstić information content (AvgIpc) is 3.39. The number of hydrogen-bond donors (Lipinski definition) is 1. The Balaban J connectivity index is 1.34. The van der Waals surface area contributed by atoms with Gasteiger partial charge >= 0.3 is 0 Å². The number of fused-ring (bicyclic) bond motifs is 3. The Bertz CT molecular complexity index is 1690. The van der Waals surface area contributed by atoms with Crippen molar-refractivity contribution in [3.63, 3.8) is 0 Å². The zero-order valence-corrected chi connectivity index (χ0v) is 22.3. The summed E-state index contributed by atoms with van der Waals surface area (Å²) in [5.41, 5.74) is 6.41. The summed E-state index contributed by atoms with van der Waals surface area (Å²) in [4.78, 5) is 27.5. The van der Waals surface area contributed by atoms with E-state index in [1.807, 2.05) is 65.2 Å². The highest BCUT2D eigenvalue weighted by Gasteiger charge is 2.38. The molecule has 38 heavy (non-hydrogen) atoms. The van der Waals surface area contributed by atoms with Crippen molar-refractivity contribution in [3.8, 4) is 0 Å². The van der Waals surface area contributed by atoms with Gasteiger partial charge in [0.2, 0.25) is 0 Å². The van der Waals surface area contributed by atoms with Gasteiger partial charge in [-0.05, 0) is 53.6 Å². The van der Waals surface area contributed by atoms with Gasteiger partial charge in [0.15, 0.2) is 0 Å². The lowest BCUT2D eigenvalue weighted by Gasteiger charge is -2.24. The molecule has 1 saturated heterocycles. The first-order chi connectivity index (χ1) is 18.5. The van der Waals surface area contributed by atoms with Crippen molar-refractivity contribution in [2.24, 2.45) is 0 Å². The molecule has 1 fully saturated rings. The van der Waals surface area contributed by atoms with Crippen LogP contribution in [0, 0.1) is 0 Å². The van der Waals surface area contributed by atoms with Crippen LogP contribution in [-0.4, -0.2) is 21.4 Å².